The van der Waals surface area contributed by atoms with Crippen LogP contribution >= 0.6 is 0 Å². The summed E-state index contributed by atoms with van der Waals surface area (Å²) in [5.41, 5.74) is 6.52. The third kappa shape index (κ3) is 5.47. The van der Waals surface area contributed by atoms with Crippen LogP contribution < -0.4 is 16.4 Å². The molecule has 1 fully saturated rings. The van der Waals surface area contributed by atoms with E-state index in [2.05, 4.69) is 10.6 Å². The van der Waals surface area contributed by atoms with Gasteiger partial charge in [0.2, 0.25) is 0 Å². The monoisotopic (exact) mass is 454 g/mol. The van der Waals surface area contributed by atoms with Crippen molar-refractivity contribution < 1.29 is 29.0 Å². The van der Waals surface area contributed by atoms with Gasteiger partial charge in [-0.05, 0) is 30.0 Å². The summed E-state index contributed by atoms with van der Waals surface area (Å²) in [4.78, 5) is 50.1. The Labute approximate surface area is 190 Å². The van der Waals surface area contributed by atoms with E-state index in [0.717, 1.165) is 16.0 Å². The highest BCUT2D eigenvalue weighted by Crippen LogP contribution is 2.29. The number of carboxylic acid groups (broad SMARTS) is 1. The standard InChI is InChI=1S/C23H26N4O6/c1-23(17-9-7-15(13-24)8-10-17)20(30)27(21(31)26-23)12-11-18(19(28)29)25-22(32)33-14-16-5-3-2-4-6-16/h2-10,18H,11-14,24H2,1H3,(H,25,32)(H,26,31)(H,28,29). The van der Waals surface area contributed by atoms with Crippen LogP contribution in [0.2, 0.25) is 0 Å². The number of urea groups is 1. The maximum Gasteiger partial charge on any atom is 0.408 e. The number of hydrogen-bond acceptors (Lipinski definition) is 6. The number of benzene rings is 2. The van der Waals surface area contributed by atoms with Gasteiger partial charge in [0.1, 0.15) is 18.2 Å². The number of carboxylic acids is 1. The molecule has 0 bridgehead atoms. The second kappa shape index (κ2) is 10.1. The van der Waals surface area contributed by atoms with E-state index in [9.17, 15) is 24.3 Å². The third-order valence-electron chi connectivity index (χ3n) is 5.49. The van der Waals surface area contributed by atoms with E-state index in [1.165, 1.54) is 0 Å². The van der Waals surface area contributed by atoms with Crippen molar-refractivity contribution in [1.29, 1.82) is 0 Å². The molecular formula is C23H26N4O6. The van der Waals surface area contributed by atoms with Gasteiger partial charge in [-0.1, -0.05) is 54.6 Å². The molecule has 0 radical (unpaired) electrons. The van der Waals surface area contributed by atoms with Crippen LogP contribution in [-0.4, -0.2) is 46.6 Å². The lowest BCUT2D eigenvalue weighted by Gasteiger charge is -2.23. The fourth-order valence-corrected chi connectivity index (χ4v) is 3.49. The lowest BCUT2D eigenvalue weighted by molar-refractivity contribution is -0.140. The summed E-state index contributed by atoms with van der Waals surface area (Å²) in [5.74, 6) is -1.82. The van der Waals surface area contributed by atoms with Crippen molar-refractivity contribution in [1.82, 2.24) is 15.5 Å². The zero-order chi connectivity index (χ0) is 24.0. The van der Waals surface area contributed by atoms with Gasteiger partial charge in [-0.25, -0.2) is 14.4 Å². The molecule has 0 aromatic heterocycles. The number of carbonyl (C=O) groups excluding carboxylic acids is 3. The first-order chi connectivity index (χ1) is 15.7. The molecule has 4 amide bonds. The first-order valence-electron chi connectivity index (χ1n) is 10.4. The molecule has 1 aliphatic rings. The minimum atomic E-state index is -1.34. The van der Waals surface area contributed by atoms with Crippen molar-refractivity contribution >= 4 is 24.0 Å². The van der Waals surface area contributed by atoms with E-state index in [1.54, 1.807) is 55.5 Å². The van der Waals surface area contributed by atoms with Crippen LogP contribution in [0.25, 0.3) is 0 Å². The molecule has 0 spiro atoms. The van der Waals surface area contributed by atoms with Crippen LogP contribution in [0.1, 0.15) is 30.0 Å². The summed E-state index contributed by atoms with van der Waals surface area (Å²) in [6.07, 6.45) is -1.09. The molecule has 33 heavy (non-hydrogen) atoms. The molecule has 1 heterocycles. The van der Waals surface area contributed by atoms with Crippen molar-refractivity contribution in [3.05, 3.63) is 71.3 Å². The quantitative estimate of drug-likeness (QED) is 0.421. The van der Waals surface area contributed by atoms with Crippen molar-refractivity contribution in [3.63, 3.8) is 0 Å². The first-order valence-corrected chi connectivity index (χ1v) is 10.4. The zero-order valence-corrected chi connectivity index (χ0v) is 18.1. The first kappa shape index (κ1) is 23.7. The highest BCUT2D eigenvalue weighted by molar-refractivity contribution is 6.07. The van der Waals surface area contributed by atoms with Crippen LogP contribution in [0, 0.1) is 0 Å². The number of ether oxygens (including phenoxy) is 1. The van der Waals surface area contributed by atoms with Crippen molar-refractivity contribution in [2.24, 2.45) is 5.73 Å². The van der Waals surface area contributed by atoms with Gasteiger partial charge in [-0.3, -0.25) is 9.69 Å². The summed E-state index contributed by atoms with van der Waals surface area (Å²) in [6, 6.07) is 13.9. The van der Waals surface area contributed by atoms with Gasteiger partial charge in [0.25, 0.3) is 5.91 Å². The SMILES string of the molecule is CC1(c2ccc(CN)cc2)NC(=O)N(CCC(NC(=O)OCc2ccccc2)C(=O)O)C1=O. The molecule has 10 heteroatoms. The number of nitrogens with one attached hydrogen (secondary N) is 2. The Morgan fingerprint density at radius 3 is 2.39 bits per heavy atom. The van der Waals surface area contributed by atoms with E-state index in [-0.39, 0.29) is 19.6 Å². The number of nitrogens with two attached hydrogens (primary N) is 1. The summed E-state index contributed by atoms with van der Waals surface area (Å²) in [5, 5.41) is 14.4. The summed E-state index contributed by atoms with van der Waals surface area (Å²) >= 11 is 0. The van der Waals surface area contributed by atoms with Crippen LogP contribution in [-0.2, 0) is 33.0 Å². The molecule has 2 aromatic rings. The largest absolute Gasteiger partial charge is 0.480 e. The fourth-order valence-electron chi connectivity index (χ4n) is 3.49. The Kier molecular flexibility index (Phi) is 7.29. The molecule has 5 N–H and O–H groups in total. The maximum absolute atomic E-state index is 13.0. The highest BCUT2D eigenvalue weighted by atomic mass is 16.5. The van der Waals surface area contributed by atoms with Gasteiger partial charge in [-0.15, -0.1) is 0 Å². The number of aliphatic carboxylic acids is 1. The van der Waals surface area contributed by atoms with Crippen molar-refractivity contribution in [2.45, 2.75) is 38.1 Å². The highest BCUT2D eigenvalue weighted by Gasteiger charge is 2.49. The van der Waals surface area contributed by atoms with Crippen LogP contribution in [0.4, 0.5) is 9.59 Å². The number of imide groups is 1. The normalized spacial score (nSPS) is 18.5. The summed E-state index contributed by atoms with van der Waals surface area (Å²) in [7, 11) is 0. The smallest absolute Gasteiger partial charge is 0.408 e. The molecule has 1 aliphatic heterocycles. The van der Waals surface area contributed by atoms with Gasteiger partial charge in [0, 0.05) is 13.1 Å². The van der Waals surface area contributed by atoms with Gasteiger partial charge >= 0.3 is 18.1 Å². The van der Waals surface area contributed by atoms with E-state index in [1.807, 2.05) is 6.07 Å². The number of amides is 4. The molecule has 0 aliphatic carbocycles. The lowest BCUT2D eigenvalue weighted by Crippen LogP contribution is -2.44. The fraction of sp³-hybridized carbons (Fsp3) is 0.304. The molecule has 174 valence electrons. The molecule has 2 atom stereocenters. The van der Waals surface area contributed by atoms with E-state index >= 15 is 0 Å². The molecule has 10 nitrogen and oxygen atoms in total. The lowest BCUT2D eigenvalue weighted by atomic mass is 9.91. The number of hydrogen-bond donors (Lipinski definition) is 4. The summed E-state index contributed by atoms with van der Waals surface area (Å²) < 4.78 is 5.05. The van der Waals surface area contributed by atoms with Crippen molar-refractivity contribution in [2.75, 3.05) is 6.54 Å². The molecule has 1 saturated heterocycles. The second-order valence-electron chi connectivity index (χ2n) is 7.80. The summed E-state index contributed by atoms with van der Waals surface area (Å²) in [6.45, 7) is 1.71. The van der Waals surface area contributed by atoms with E-state index < -0.39 is 35.6 Å². The van der Waals surface area contributed by atoms with Gasteiger partial charge < -0.3 is 26.2 Å². The Balaban J connectivity index is 1.60. The van der Waals surface area contributed by atoms with Gasteiger partial charge in [0.15, 0.2) is 0 Å². The Hall–Kier alpha value is -3.92. The van der Waals surface area contributed by atoms with E-state index in [0.29, 0.717) is 12.1 Å². The van der Waals surface area contributed by atoms with Crippen LogP contribution in [0.5, 0.6) is 0 Å². The number of rotatable bonds is 9. The average molecular weight is 454 g/mol. The number of alkyl carbamates (subject to hydrolysis) is 1. The molecule has 2 unspecified atom stereocenters. The zero-order valence-electron chi connectivity index (χ0n) is 18.1. The molecular weight excluding hydrogens is 428 g/mol. The third-order valence-corrected chi connectivity index (χ3v) is 5.49. The Bertz CT molecular complexity index is 1030. The maximum atomic E-state index is 13.0. The average Bonchev–Trinajstić information content (AvgIpc) is 3.04. The van der Waals surface area contributed by atoms with Crippen LogP contribution in [0.15, 0.2) is 54.6 Å². The Morgan fingerprint density at radius 1 is 1.12 bits per heavy atom. The van der Waals surface area contributed by atoms with Crippen LogP contribution in [0.3, 0.4) is 0 Å². The number of nitrogens with zero attached hydrogens (tertiary/aromatic N) is 1. The number of carbonyl (C=O) groups is 4. The minimum Gasteiger partial charge on any atom is -0.480 e. The topological polar surface area (TPSA) is 151 Å². The minimum absolute atomic E-state index is 0.0205. The Morgan fingerprint density at radius 2 is 1.79 bits per heavy atom. The second-order valence-corrected chi connectivity index (χ2v) is 7.80. The molecule has 2 aromatic carbocycles. The van der Waals surface area contributed by atoms with Gasteiger partial charge in [0.05, 0.1) is 0 Å². The molecule has 3 rings (SSSR count). The predicted octanol–water partition coefficient (Wildman–Crippen LogP) is 1.68. The van der Waals surface area contributed by atoms with E-state index in [4.69, 9.17) is 10.5 Å². The molecule has 0 saturated carbocycles. The van der Waals surface area contributed by atoms with Gasteiger partial charge in [-0.2, -0.15) is 0 Å². The predicted molar refractivity (Wildman–Crippen MR) is 118 cm³/mol. The van der Waals surface area contributed by atoms with Crippen molar-refractivity contribution in [3.8, 4) is 0 Å².